The molecule has 0 spiro atoms. The molecule has 2 rings (SSSR count). The lowest BCUT2D eigenvalue weighted by atomic mass is 9.95. The fraction of sp³-hybridized carbons (Fsp3) is 0.222. The minimum Gasteiger partial charge on any atom is -0.448 e. The third-order valence-electron chi connectivity index (χ3n) is 1.91. The molecule has 2 aromatic rings. The van der Waals surface area contributed by atoms with Crippen LogP contribution in [0, 0.1) is 0 Å². The van der Waals surface area contributed by atoms with E-state index in [9.17, 15) is 0 Å². The molecule has 0 unspecified atom stereocenters. The van der Waals surface area contributed by atoms with Crippen LogP contribution >= 0.6 is 0 Å². The summed E-state index contributed by atoms with van der Waals surface area (Å²) in [4.78, 5) is 0. The van der Waals surface area contributed by atoms with Gasteiger partial charge in [-0.05, 0) is 11.2 Å². The van der Waals surface area contributed by atoms with Crippen LogP contribution in [0.1, 0.15) is 0 Å². The van der Waals surface area contributed by atoms with Crippen LogP contribution in [0.25, 0.3) is 11.0 Å². The summed E-state index contributed by atoms with van der Waals surface area (Å²) in [5, 5.41) is 4.67. The third-order valence-corrected chi connectivity index (χ3v) is 1.91. The summed E-state index contributed by atoms with van der Waals surface area (Å²) in [5.41, 5.74) is 1.87. The zero-order valence-corrected chi connectivity index (χ0v) is 8.11. The average molecular weight is 191 g/mol. The normalized spacial score (nSPS) is 10.6. The topological polar surface area (TPSA) is 44.5 Å². The summed E-state index contributed by atoms with van der Waals surface area (Å²) in [7, 11) is 3.57. The molecule has 0 aliphatic heterocycles. The number of aromatic nitrogens is 1. The minimum atomic E-state index is 0.176. The summed E-state index contributed by atoms with van der Waals surface area (Å²) >= 11 is 0. The van der Waals surface area contributed by atoms with E-state index in [1.54, 1.807) is 7.11 Å². The highest BCUT2D eigenvalue weighted by atomic mass is 16.7. The standard InChI is InChI=1S/C9H10BNO3/c1-12-5-13-9-7-4-6(10)2-3-8(7)14-11-9/h2-4H,5,10H2,1H3. The highest BCUT2D eigenvalue weighted by Crippen LogP contribution is 2.23. The van der Waals surface area contributed by atoms with Crippen LogP contribution in [-0.4, -0.2) is 26.9 Å². The van der Waals surface area contributed by atoms with E-state index in [2.05, 4.69) is 5.16 Å². The number of ether oxygens (including phenoxy) is 2. The van der Waals surface area contributed by atoms with Crippen molar-refractivity contribution in [2.75, 3.05) is 13.9 Å². The Hall–Kier alpha value is -1.49. The van der Waals surface area contributed by atoms with Gasteiger partial charge in [-0.2, -0.15) is 0 Å². The summed E-state index contributed by atoms with van der Waals surface area (Å²) in [6, 6.07) is 5.81. The second-order valence-electron chi connectivity index (χ2n) is 3.04. The molecule has 14 heavy (non-hydrogen) atoms. The summed E-state index contributed by atoms with van der Waals surface area (Å²) < 4.78 is 15.1. The molecule has 1 aromatic heterocycles. The molecule has 0 atom stereocenters. The molecule has 0 aliphatic rings. The first kappa shape index (κ1) is 9.08. The number of methoxy groups -OCH3 is 1. The number of benzene rings is 1. The fourth-order valence-electron chi connectivity index (χ4n) is 1.25. The Labute approximate surface area is 82.2 Å². The maximum Gasteiger partial charge on any atom is 0.264 e. The van der Waals surface area contributed by atoms with Crippen molar-refractivity contribution in [2.45, 2.75) is 0 Å². The molecule has 0 bridgehead atoms. The van der Waals surface area contributed by atoms with Crippen LogP contribution in [0.3, 0.4) is 0 Å². The van der Waals surface area contributed by atoms with Crippen molar-refractivity contribution in [3.8, 4) is 5.88 Å². The quantitative estimate of drug-likeness (QED) is 0.508. The van der Waals surface area contributed by atoms with Gasteiger partial charge in [0, 0.05) is 7.11 Å². The van der Waals surface area contributed by atoms with Crippen molar-refractivity contribution in [1.29, 1.82) is 0 Å². The van der Waals surface area contributed by atoms with Gasteiger partial charge < -0.3 is 14.0 Å². The third kappa shape index (κ3) is 1.58. The van der Waals surface area contributed by atoms with E-state index in [-0.39, 0.29) is 6.79 Å². The molecule has 5 heteroatoms. The highest BCUT2D eigenvalue weighted by molar-refractivity contribution is 6.33. The molecule has 0 saturated heterocycles. The monoisotopic (exact) mass is 191 g/mol. The van der Waals surface area contributed by atoms with Gasteiger partial charge in [-0.15, -0.1) is 0 Å². The Kier molecular flexibility index (Phi) is 2.41. The lowest BCUT2D eigenvalue weighted by Crippen LogP contribution is -2.01. The van der Waals surface area contributed by atoms with Gasteiger partial charge in [-0.25, -0.2) is 0 Å². The maximum absolute atomic E-state index is 5.24. The van der Waals surface area contributed by atoms with Crippen molar-refractivity contribution in [2.24, 2.45) is 0 Å². The van der Waals surface area contributed by atoms with E-state index in [1.807, 2.05) is 26.0 Å². The van der Waals surface area contributed by atoms with Crippen LogP contribution < -0.4 is 10.2 Å². The lowest BCUT2D eigenvalue weighted by Gasteiger charge is -1.99. The first-order valence-electron chi connectivity index (χ1n) is 4.29. The molecule has 0 N–H and O–H groups in total. The predicted octanol–water partition coefficient (Wildman–Crippen LogP) is 0.0689. The van der Waals surface area contributed by atoms with Crippen molar-refractivity contribution in [3.63, 3.8) is 0 Å². The maximum atomic E-state index is 5.24. The van der Waals surface area contributed by atoms with Crippen molar-refractivity contribution in [3.05, 3.63) is 18.2 Å². The first-order valence-corrected chi connectivity index (χ1v) is 4.29. The van der Waals surface area contributed by atoms with E-state index < -0.39 is 0 Å². The van der Waals surface area contributed by atoms with Gasteiger partial charge in [0.15, 0.2) is 12.4 Å². The predicted molar refractivity (Wildman–Crippen MR) is 54.7 cm³/mol. The van der Waals surface area contributed by atoms with Gasteiger partial charge in [-0.1, -0.05) is 17.6 Å². The molecule has 4 nitrogen and oxygen atoms in total. The number of hydrogen-bond acceptors (Lipinski definition) is 4. The molecule has 72 valence electrons. The van der Waals surface area contributed by atoms with Crippen molar-refractivity contribution < 1.29 is 14.0 Å². The van der Waals surface area contributed by atoms with Crippen molar-refractivity contribution in [1.82, 2.24) is 5.16 Å². The van der Waals surface area contributed by atoms with Crippen LogP contribution in [0.5, 0.6) is 5.88 Å². The zero-order chi connectivity index (χ0) is 9.97. The largest absolute Gasteiger partial charge is 0.448 e. The van der Waals surface area contributed by atoms with Crippen LogP contribution in [0.2, 0.25) is 0 Å². The van der Waals surface area contributed by atoms with Gasteiger partial charge in [0.25, 0.3) is 5.88 Å². The van der Waals surface area contributed by atoms with Gasteiger partial charge in [0.2, 0.25) is 0 Å². The molecule has 0 amide bonds. The Bertz CT molecular complexity index is 441. The Morgan fingerprint density at radius 2 is 2.36 bits per heavy atom. The van der Waals surface area contributed by atoms with Crippen LogP contribution in [0.4, 0.5) is 0 Å². The van der Waals surface area contributed by atoms with E-state index in [0.29, 0.717) is 5.88 Å². The van der Waals surface area contributed by atoms with Crippen LogP contribution in [0.15, 0.2) is 22.7 Å². The number of fused-ring (bicyclic) bond motifs is 1. The van der Waals surface area contributed by atoms with E-state index in [0.717, 1.165) is 16.4 Å². The molecular weight excluding hydrogens is 181 g/mol. The van der Waals surface area contributed by atoms with Gasteiger partial charge in [0.1, 0.15) is 7.85 Å². The van der Waals surface area contributed by atoms with E-state index >= 15 is 0 Å². The SMILES string of the molecule is Bc1ccc2onc(OCOC)c2c1. The van der Waals surface area contributed by atoms with Gasteiger partial charge in [0.05, 0.1) is 5.39 Å². The number of nitrogens with zero attached hydrogens (tertiary/aromatic N) is 1. The zero-order valence-electron chi connectivity index (χ0n) is 8.11. The summed E-state index contributed by atoms with van der Waals surface area (Å²) in [5.74, 6) is 0.477. The molecule has 1 heterocycles. The first-order chi connectivity index (χ1) is 6.81. The second-order valence-corrected chi connectivity index (χ2v) is 3.04. The molecule has 1 aromatic carbocycles. The molecule has 0 fully saturated rings. The Balaban J connectivity index is 2.40. The second kappa shape index (κ2) is 3.71. The number of hydrogen-bond donors (Lipinski definition) is 0. The Morgan fingerprint density at radius 3 is 3.14 bits per heavy atom. The minimum absolute atomic E-state index is 0.176. The van der Waals surface area contributed by atoms with Crippen LogP contribution in [-0.2, 0) is 4.74 Å². The van der Waals surface area contributed by atoms with Gasteiger partial charge in [-0.3, -0.25) is 0 Å². The average Bonchev–Trinajstić information content (AvgIpc) is 2.57. The smallest absolute Gasteiger partial charge is 0.264 e. The lowest BCUT2D eigenvalue weighted by molar-refractivity contribution is 0.0463. The highest BCUT2D eigenvalue weighted by Gasteiger charge is 2.08. The van der Waals surface area contributed by atoms with E-state index in [4.69, 9.17) is 14.0 Å². The fourth-order valence-corrected chi connectivity index (χ4v) is 1.25. The number of rotatable bonds is 3. The molecule has 0 saturated carbocycles. The molecule has 0 radical (unpaired) electrons. The Morgan fingerprint density at radius 1 is 1.50 bits per heavy atom. The van der Waals surface area contributed by atoms with E-state index in [1.165, 1.54) is 0 Å². The molecular formula is C9H10BNO3. The summed E-state index contributed by atoms with van der Waals surface area (Å²) in [6.07, 6.45) is 0. The van der Waals surface area contributed by atoms with Gasteiger partial charge >= 0.3 is 0 Å². The summed E-state index contributed by atoms with van der Waals surface area (Å²) in [6.45, 7) is 0.176. The molecule has 0 aliphatic carbocycles. The van der Waals surface area contributed by atoms with Crippen molar-refractivity contribution >= 4 is 24.3 Å².